The summed E-state index contributed by atoms with van der Waals surface area (Å²) < 4.78 is 0. The third-order valence-electron chi connectivity index (χ3n) is 2.68. The normalized spacial score (nSPS) is 12.3. The van der Waals surface area contributed by atoms with Gasteiger partial charge in [0.2, 0.25) is 0 Å². The van der Waals surface area contributed by atoms with Crippen molar-refractivity contribution in [2.24, 2.45) is 5.73 Å². The highest BCUT2D eigenvalue weighted by Crippen LogP contribution is 2.08. The minimum absolute atomic E-state index is 0.249. The predicted octanol–water partition coefficient (Wildman–Crippen LogP) is 3.09. The summed E-state index contributed by atoms with van der Waals surface area (Å²) in [6.45, 7) is 3.72. The summed E-state index contributed by atoms with van der Waals surface area (Å²) in [5.41, 5.74) is 7.16. The Morgan fingerprint density at radius 1 is 1.31 bits per heavy atom. The largest absolute Gasteiger partial charge is 0.327 e. The molecule has 1 atom stereocenters. The van der Waals surface area contributed by atoms with E-state index in [9.17, 15) is 0 Å². The van der Waals surface area contributed by atoms with Crippen LogP contribution in [0.15, 0.2) is 37.1 Å². The molecule has 0 aliphatic carbocycles. The summed E-state index contributed by atoms with van der Waals surface area (Å²) in [5.74, 6) is 0. The zero-order valence-electron chi connectivity index (χ0n) is 9.94. The topological polar surface area (TPSA) is 38.9 Å². The first-order valence-corrected chi connectivity index (χ1v) is 6.09. The molecule has 88 valence electrons. The lowest BCUT2D eigenvalue weighted by Crippen LogP contribution is -2.23. The van der Waals surface area contributed by atoms with Gasteiger partial charge in [-0.1, -0.05) is 25.0 Å². The second-order valence-electron chi connectivity index (χ2n) is 4.21. The molecule has 0 aliphatic heterocycles. The number of aromatic nitrogens is 1. The Balaban J connectivity index is 2.11. The van der Waals surface area contributed by atoms with Crippen LogP contribution in [0, 0.1) is 0 Å². The van der Waals surface area contributed by atoms with E-state index in [4.69, 9.17) is 5.73 Å². The maximum atomic E-state index is 6.06. The molecule has 0 saturated carbocycles. The molecule has 0 bridgehead atoms. The molecule has 0 aliphatic rings. The minimum atomic E-state index is 0.249. The highest BCUT2D eigenvalue weighted by Gasteiger charge is 2.04. The van der Waals surface area contributed by atoms with Crippen molar-refractivity contribution in [3.8, 4) is 0 Å². The van der Waals surface area contributed by atoms with Gasteiger partial charge in [-0.05, 0) is 31.4 Å². The van der Waals surface area contributed by atoms with E-state index in [0.29, 0.717) is 0 Å². The van der Waals surface area contributed by atoms with Crippen molar-refractivity contribution in [1.82, 2.24) is 4.98 Å². The van der Waals surface area contributed by atoms with Crippen molar-refractivity contribution in [1.29, 1.82) is 0 Å². The van der Waals surface area contributed by atoms with Gasteiger partial charge in [0, 0.05) is 24.4 Å². The Morgan fingerprint density at radius 2 is 2.19 bits per heavy atom. The zero-order valence-corrected chi connectivity index (χ0v) is 9.94. The molecule has 16 heavy (non-hydrogen) atoms. The third kappa shape index (κ3) is 5.66. The summed E-state index contributed by atoms with van der Waals surface area (Å²) >= 11 is 0. The fraction of sp³-hybridized carbons (Fsp3) is 0.500. The first-order valence-electron chi connectivity index (χ1n) is 6.09. The molecule has 0 spiro atoms. The van der Waals surface area contributed by atoms with Gasteiger partial charge < -0.3 is 5.73 Å². The lowest BCUT2D eigenvalue weighted by Gasteiger charge is -2.10. The van der Waals surface area contributed by atoms with Gasteiger partial charge >= 0.3 is 0 Å². The van der Waals surface area contributed by atoms with Gasteiger partial charge in [-0.15, -0.1) is 6.58 Å². The van der Waals surface area contributed by atoms with E-state index in [1.165, 1.54) is 19.3 Å². The van der Waals surface area contributed by atoms with Gasteiger partial charge in [0.05, 0.1) is 0 Å². The van der Waals surface area contributed by atoms with Crippen molar-refractivity contribution in [3.05, 3.63) is 42.7 Å². The van der Waals surface area contributed by atoms with Crippen LogP contribution in [0.5, 0.6) is 0 Å². The number of nitrogens with two attached hydrogens (primary N) is 1. The molecule has 2 heteroatoms. The molecule has 0 amide bonds. The summed E-state index contributed by atoms with van der Waals surface area (Å²) in [6, 6.07) is 6.24. The van der Waals surface area contributed by atoms with Gasteiger partial charge in [-0.3, -0.25) is 4.98 Å². The fourth-order valence-corrected chi connectivity index (χ4v) is 1.76. The maximum absolute atomic E-state index is 6.06. The van der Waals surface area contributed by atoms with Crippen molar-refractivity contribution in [3.63, 3.8) is 0 Å². The fourth-order valence-electron chi connectivity index (χ4n) is 1.76. The van der Waals surface area contributed by atoms with Crippen molar-refractivity contribution >= 4 is 0 Å². The van der Waals surface area contributed by atoms with E-state index in [1.54, 1.807) is 0 Å². The van der Waals surface area contributed by atoms with Crippen LogP contribution >= 0.6 is 0 Å². The number of pyridine rings is 1. The van der Waals surface area contributed by atoms with Crippen LogP contribution < -0.4 is 5.73 Å². The first kappa shape index (κ1) is 12.9. The van der Waals surface area contributed by atoms with Gasteiger partial charge in [0.15, 0.2) is 0 Å². The van der Waals surface area contributed by atoms with Crippen molar-refractivity contribution < 1.29 is 0 Å². The van der Waals surface area contributed by atoms with Crippen LogP contribution in [-0.2, 0) is 6.42 Å². The van der Waals surface area contributed by atoms with Gasteiger partial charge in [-0.25, -0.2) is 0 Å². The lowest BCUT2D eigenvalue weighted by molar-refractivity contribution is 0.546. The Hall–Kier alpha value is -1.15. The number of rotatable bonds is 8. The molecule has 1 rings (SSSR count). The quantitative estimate of drug-likeness (QED) is 0.538. The van der Waals surface area contributed by atoms with Crippen LogP contribution in [0.25, 0.3) is 0 Å². The van der Waals surface area contributed by atoms with Crippen molar-refractivity contribution in [2.45, 2.75) is 44.6 Å². The Kier molecular flexibility index (Phi) is 6.50. The summed E-state index contributed by atoms with van der Waals surface area (Å²) in [5, 5.41) is 0. The zero-order chi connectivity index (χ0) is 11.6. The standard InChI is InChI=1S/C14H22N2/c1-2-3-4-5-6-9-13(15)12-14-10-7-8-11-16-14/h2,7-8,10-11,13H,1,3-6,9,12,15H2. The highest BCUT2D eigenvalue weighted by molar-refractivity contribution is 5.04. The monoisotopic (exact) mass is 218 g/mol. The van der Waals surface area contributed by atoms with E-state index in [2.05, 4.69) is 11.6 Å². The summed E-state index contributed by atoms with van der Waals surface area (Å²) in [6.07, 6.45) is 10.6. The highest BCUT2D eigenvalue weighted by atomic mass is 14.7. The van der Waals surface area contributed by atoms with E-state index in [1.807, 2.05) is 30.5 Å². The summed E-state index contributed by atoms with van der Waals surface area (Å²) in [7, 11) is 0. The SMILES string of the molecule is C=CCCCCCC(N)Cc1ccccn1. The average molecular weight is 218 g/mol. The van der Waals surface area contributed by atoms with E-state index < -0.39 is 0 Å². The molecule has 0 radical (unpaired) electrons. The molecule has 2 nitrogen and oxygen atoms in total. The molecule has 1 unspecified atom stereocenters. The maximum Gasteiger partial charge on any atom is 0.0419 e. The molecule has 1 aromatic heterocycles. The smallest absolute Gasteiger partial charge is 0.0419 e. The number of hydrogen-bond acceptors (Lipinski definition) is 2. The van der Waals surface area contributed by atoms with Crippen LogP contribution in [-0.4, -0.2) is 11.0 Å². The molecular formula is C14H22N2. The molecule has 2 N–H and O–H groups in total. The van der Waals surface area contributed by atoms with Crippen LogP contribution in [0.4, 0.5) is 0 Å². The number of nitrogens with zero attached hydrogens (tertiary/aromatic N) is 1. The molecule has 0 saturated heterocycles. The average Bonchev–Trinajstić information content (AvgIpc) is 2.30. The molecule has 1 aromatic rings. The Morgan fingerprint density at radius 3 is 2.88 bits per heavy atom. The van der Waals surface area contributed by atoms with E-state index in [0.717, 1.165) is 25.0 Å². The second kappa shape index (κ2) is 8.05. The van der Waals surface area contributed by atoms with Crippen molar-refractivity contribution in [2.75, 3.05) is 0 Å². The molecular weight excluding hydrogens is 196 g/mol. The predicted molar refractivity (Wildman–Crippen MR) is 69.2 cm³/mol. The number of unbranched alkanes of at least 4 members (excludes halogenated alkanes) is 3. The third-order valence-corrected chi connectivity index (χ3v) is 2.68. The molecule has 0 fully saturated rings. The minimum Gasteiger partial charge on any atom is -0.327 e. The van der Waals surface area contributed by atoms with Crippen LogP contribution in [0.2, 0.25) is 0 Å². The second-order valence-corrected chi connectivity index (χ2v) is 4.21. The molecule has 1 heterocycles. The van der Waals surface area contributed by atoms with Gasteiger partial charge in [0.25, 0.3) is 0 Å². The molecule has 0 aromatic carbocycles. The van der Waals surface area contributed by atoms with Gasteiger partial charge in [-0.2, -0.15) is 0 Å². The Labute approximate surface area is 98.6 Å². The lowest BCUT2D eigenvalue weighted by atomic mass is 10.0. The van der Waals surface area contributed by atoms with E-state index >= 15 is 0 Å². The summed E-state index contributed by atoms with van der Waals surface area (Å²) in [4.78, 5) is 4.28. The van der Waals surface area contributed by atoms with Gasteiger partial charge in [0.1, 0.15) is 0 Å². The van der Waals surface area contributed by atoms with E-state index in [-0.39, 0.29) is 6.04 Å². The first-order chi connectivity index (χ1) is 7.83. The van der Waals surface area contributed by atoms with Crippen LogP contribution in [0.3, 0.4) is 0 Å². The Bertz CT molecular complexity index is 282. The van der Waals surface area contributed by atoms with Crippen LogP contribution in [0.1, 0.15) is 37.8 Å². The number of hydrogen-bond donors (Lipinski definition) is 1. The number of allylic oxidation sites excluding steroid dienone is 1.